The quantitative estimate of drug-likeness (QED) is 0.762. The fourth-order valence-electron chi connectivity index (χ4n) is 5.54. The minimum atomic E-state index is -0.286. The number of carbonyl (C=O) groups excluding carboxylic acids is 1. The summed E-state index contributed by atoms with van der Waals surface area (Å²) in [6, 6.07) is 6.96. The smallest absolute Gasteiger partial charge is 0.410 e. The maximum Gasteiger partial charge on any atom is 0.414 e. The van der Waals surface area contributed by atoms with E-state index in [1.807, 2.05) is 6.07 Å². The van der Waals surface area contributed by atoms with Gasteiger partial charge in [0, 0.05) is 26.1 Å². The third-order valence-electron chi connectivity index (χ3n) is 7.03. The van der Waals surface area contributed by atoms with E-state index in [0.29, 0.717) is 12.0 Å². The Bertz CT molecular complexity index is 666. The highest BCUT2D eigenvalue weighted by molar-refractivity contribution is 5.70. The van der Waals surface area contributed by atoms with Crippen molar-refractivity contribution in [3.8, 4) is 5.75 Å². The summed E-state index contributed by atoms with van der Waals surface area (Å²) in [5.74, 6) is 2.34. The summed E-state index contributed by atoms with van der Waals surface area (Å²) >= 11 is 0. The first kappa shape index (κ1) is 18.8. The lowest BCUT2D eigenvalue weighted by molar-refractivity contribution is 0.170. The number of carbonyl (C=O) groups is 1. The standard InChI is InChI=1S/C23H34N2O2/c1-24(2)23(26)27-22-10-6-9-18-19-14-16-25(21(19)12-11-20(18)22)15-13-17-7-4-3-5-8-17/h6,9-10,17,19,21H,3-5,7-8,11-16H2,1-2H3/t19-,21-/m0/s1. The molecule has 0 spiro atoms. The van der Waals surface area contributed by atoms with E-state index in [1.165, 1.54) is 80.5 Å². The van der Waals surface area contributed by atoms with Gasteiger partial charge >= 0.3 is 6.09 Å². The summed E-state index contributed by atoms with van der Waals surface area (Å²) in [6.45, 7) is 2.50. The second-order valence-electron chi connectivity index (χ2n) is 8.92. The maximum absolute atomic E-state index is 12.0. The van der Waals surface area contributed by atoms with E-state index in [-0.39, 0.29) is 6.09 Å². The Hall–Kier alpha value is -1.55. The van der Waals surface area contributed by atoms with Crippen molar-refractivity contribution in [1.29, 1.82) is 0 Å². The molecule has 0 aromatic heterocycles. The largest absolute Gasteiger partial charge is 0.414 e. The molecular formula is C23H34N2O2. The molecule has 4 heteroatoms. The highest BCUT2D eigenvalue weighted by Crippen LogP contribution is 2.44. The minimum absolute atomic E-state index is 0.286. The van der Waals surface area contributed by atoms with Crippen molar-refractivity contribution < 1.29 is 9.53 Å². The van der Waals surface area contributed by atoms with Crippen molar-refractivity contribution in [2.24, 2.45) is 5.92 Å². The van der Waals surface area contributed by atoms with E-state index in [9.17, 15) is 4.79 Å². The van der Waals surface area contributed by atoms with Crippen molar-refractivity contribution in [2.75, 3.05) is 27.2 Å². The Balaban J connectivity index is 1.43. The molecule has 0 N–H and O–H groups in total. The third kappa shape index (κ3) is 4.01. The lowest BCUT2D eigenvalue weighted by atomic mass is 9.79. The molecule has 2 fully saturated rings. The van der Waals surface area contributed by atoms with Gasteiger partial charge in [-0.05, 0) is 61.9 Å². The molecule has 3 aliphatic rings. The van der Waals surface area contributed by atoms with Gasteiger partial charge in [0.15, 0.2) is 0 Å². The van der Waals surface area contributed by atoms with Crippen LogP contribution in [-0.2, 0) is 6.42 Å². The topological polar surface area (TPSA) is 32.8 Å². The molecule has 1 saturated carbocycles. The van der Waals surface area contributed by atoms with Crippen LogP contribution < -0.4 is 4.74 Å². The van der Waals surface area contributed by atoms with Gasteiger partial charge in [0.25, 0.3) is 0 Å². The van der Waals surface area contributed by atoms with Crippen molar-refractivity contribution in [3.05, 3.63) is 29.3 Å². The van der Waals surface area contributed by atoms with E-state index in [4.69, 9.17) is 4.74 Å². The van der Waals surface area contributed by atoms with Crippen LogP contribution in [0, 0.1) is 5.92 Å². The number of likely N-dealkylation sites (tertiary alicyclic amines) is 1. The van der Waals surface area contributed by atoms with Gasteiger partial charge in [-0.15, -0.1) is 0 Å². The summed E-state index contributed by atoms with van der Waals surface area (Å²) < 4.78 is 5.65. The summed E-state index contributed by atoms with van der Waals surface area (Å²) in [6.07, 6.45) is 11.8. The molecule has 1 amide bonds. The average molecular weight is 371 g/mol. The van der Waals surface area contributed by atoms with Crippen LogP contribution in [0.3, 0.4) is 0 Å². The predicted molar refractivity (Wildman–Crippen MR) is 108 cm³/mol. The zero-order chi connectivity index (χ0) is 18.8. The molecule has 4 rings (SSSR count). The molecule has 0 bridgehead atoms. The van der Waals surface area contributed by atoms with Crippen LogP contribution in [0.25, 0.3) is 0 Å². The van der Waals surface area contributed by atoms with Crippen molar-refractivity contribution >= 4 is 6.09 Å². The van der Waals surface area contributed by atoms with E-state index in [1.54, 1.807) is 14.1 Å². The molecule has 0 radical (unpaired) electrons. The van der Waals surface area contributed by atoms with Gasteiger partial charge < -0.3 is 9.64 Å². The molecule has 2 aliphatic carbocycles. The second kappa shape index (κ2) is 8.22. The zero-order valence-corrected chi connectivity index (χ0v) is 17.0. The van der Waals surface area contributed by atoms with Crippen LogP contribution in [0.2, 0.25) is 0 Å². The number of rotatable bonds is 4. The number of fused-ring (bicyclic) bond motifs is 3. The van der Waals surface area contributed by atoms with E-state index in [0.717, 1.165) is 18.1 Å². The van der Waals surface area contributed by atoms with Gasteiger partial charge in [-0.3, -0.25) is 4.90 Å². The van der Waals surface area contributed by atoms with Gasteiger partial charge in [-0.1, -0.05) is 44.2 Å². The molecule has 1 aromatic rings. The SMILES string of the molecule is CN(C)C(=O)Oc1cccc2c1CC[C@H]1[C@H]2CCN1CCC1CCCCC1. The number of benzene rings is 1. The summed E-state index contributed by atoms with van der Waals surface area (Å²) in [7, 11) is 3.46. The van der Waals surface area contributed by atoms with Crippen LogP contribution in [0.5, 0.6) is 5.75 Å². The van der Waals surface area contributed by atoms with E-state index >= 15 is 0 Å². The number of nitrogens with zero attached hydrogens (tertiary/aromatic N) is 2. The molecule has 27 heavy (non-hydrogen) atoms. The van der Waals surface area contributed by atoms with Crippen molar-refractivity contribution in [3.63, 3.8) is 0 Å². The second-order valence-corrected chi connectivity index (χ2v) is 8.92. The molecule has 0 unspecified atom stereocenters. The normalized spacial score (nSPS) is 25.7. The van der Waals surface area contributed by atoms with Gasteiger partial charge in [0.2, 0.25) is 0 Å². The van der Waals surface area contributed by atoms with Gasteiger partial charge in [-0.2, -0.15) is 0 Å². The predicted octanol–water partition coefficient (Wildman–Crippen LogP) is 4.82. The number of hydrogen-bond donors (Lipinski definition) is 0. The number of ether oxygens (including phenoxy) is 1. The van der Waals surface area contributed by atoms with E-state index in [2.05, 4.69) is 17.0 Å². The molecule has 148 valence electrons. The van der Waals surface area contributed by atoms with Crippen LogP contribution in [0.4, 0.5) is 4.79 Å². The fraction of sp³-hybridized carbons (Fsp3) is 0.696. The summed E-state index contributed by atoms with van der Waals surface area (Å²) in [5, 5.41) is 0. The molecule has 4 nitrogen and oxygen atoms in total. The van der Waals surface area contributed by atoms with Crippen LogP contribution in [-0.4, -0.2) is 49.1 Å². The lowest BCUT2D eigenvalue weighted by Gasteiger charge is -2.35. The number of hydrogen-bond acceptors (Lipinski definition) is 3. The van der Waals surface area contributed by atoms with Gasteiger partial charge in [0.05, 0.1) is 0 Å². The van der Waals surface area contributed by atoms with Crippen molar-refractivity contribution in [1.82, 2.24) is 9.80 Å². The molecule has 1 heterocycles. The lowest BCUT2D eigenvalue weighted by Crippen LogP contribution is -2.36. The Morgan fingerprint density at radius 2 is 1.96 bits per heavy atom. The maximum atomic E-state index is 12.0. The first-order chi connectivity index (χ1) is 13.1. The summed E-state index contributed by atoms with van der Waals surface area (Å²) in [4.78, 5) is 16.3. The van der Waals surface area contributed by atoms with E-state index < -0.39 is 0 Å². The van der Waals surface area contributed by atoms with Crippen LogP contribution in [0.1, 0.15) is 68.4 Å². The molecule has 2 atom stereocenters. The monoisotopic (exact) mass is 370 g/mol. The fourth-order valence-corrected chi connectivity index (χ4v) is 5.54. The highest BCUT2D eigenvalue weighted by Gasteiger charge is 2.39. The van der Waals surface area contributed by atoms with Crippen molar-refractivity contribution in [2.45, 2.75) is 69.7 Å². The summed E-state index contributed by atoms with van der Waals surface area (Å²) in [5.41, 5.74) is 2.69. The zero-order valence-electron chi connectivity index (χ0n) is 17.0. The van der Waals surface area contributed by atoms with Crippen LogP contribution >= 0.6 is 0 Å². The Labute approximate surface area is 163 Å². The Kier molecular flexibility index (Phi) is 5.72. The van der Waals surface area contributed by atoms with Gasteiger partial charge in [0.1, 0.15) is 5.75 Å². The highest BCUT2D eigenvalue weighted by atomic mass is 16.6. The first-order valence-electron chi connectivity index (χ1n) is 10.9. The average Bonchev–Trinajstić information content (AvgIpc) is 3.11. The molecule has 1 saturated heterocycles. The Morgan fingerprint density at radius 1 is 1.15 bits per heavy atom. The molecule has 1 aromatic carbocycles. The minimum Gasteiger partial charge on any atom is -0.410 e. The van der Waals surface area contributed by atoms with Gasteiger partial charge in [-0.25, -0.2) is 4.79 Å². The Morgan fingerprint density at radius 3 is 2.74 bits per heavy atom. The molecular weight excluding hydrogens is 336 g/mol. The molecule has 1 aliphatic heterocycles. The van der Waals surface area contributed by atoms with Crippen LogP contribution in [0.15, 0.2) is 18.2 Å². The number of amides is 1. The first-order valence-corrected chi connectivity index (χ1v) is 10.9. The third-order valence-corrected chi connectivity index (χ3v) is 7.03.